The van der Waals surface area contributed by atoms with Crippen molar-refractivity contribution in [2.75, 3.05) is 6.61 Å². The fraction of sp³-hybridized carbons (Fsp3) is 1.00. The Kier molecular flexibility index (Phi) is 5.07. The Morgan fingerprint density at radius 1 is 1.20 bits per heavy atom. The summed E-state index contributed by atoms with van der Waals surface area (Å²) in [7, 11) is 0. The standard InChI is InChI=1S/C13H26O2/c1-4-15-13(8-6-5-7-9-13)12(14)10-11(2)3/h11-12,14H,4-10H2,1-3H3. The molecule has 0 heterocycles. The molecule has 1 aliphatic rings. The fourth-order valence-electron chi connectivity index (χ4n) is 2.67. The van der Waals surface area contributed by atoms with Crippen molar-refractivity contribution in [2.24, 2.45) is 5.92 Å². The minimum absolute atomic E-state index is 0.225. The van der Waals surface area contributed by atoms with Gasteiger partial charge < -0.3 is 9.84 Å². The molecule has 0 radical (unpaired) electrons. The van der Waals surface area contributed by atoms with E-state index < -0.39 is 0 Å². The van der Waals surface area contributed by atoms with Gasteiger partial charge in [0.2, 0.25) is 0 Å². The SMILES string of the molecule is CCOC1(C(O)CC(C)C)CCCCC1. The largest absolute Gasteiger partial charge is 0.390 e. The van der Waals surface area contributed by atoms with Crippen molar-refractivity contribution >= 4 is 0 Å². The number of hydrogen-bond acceptors (Lipinski definition) is 2. The molecule has 1 fully saturated rings. The summed E-state index contributed by atoms with van der Waals surface area (Å²) in [6.45, 7) is 7.06. The highest BCUT2D eigenvalue weighted by atomic mass is 16.5. The van der Waals surface area contributed by atoms with Crippen molar-refractivity contribution in [3.63, 3.8) is 0 Å². The lowest BCUT2D eigenvalue weighted by atomic mass is 9.78. The molecule has 0 aromatic heterocycles. The summed E-state index contributed by atoms with van der Waals surface area (Å²) in [6.07, 6.45) is 6.36. The van der Waals surface area contributed by atoms with Gasteiger partial charge >= 0.3 is 0 Å². The summed E-state index contributed by atoms with van der Waals surface area (Å²) in [4.78, 5) is 0. The third-order valence-corrected chi connectivity index (χ3v) is 3.43. The van der Waals surface area contributed by atoms with E-state index in [0.29, 0.717) is 5.92 Å². The first-order valence-electron chi connectivity index (χ1n) is 6.43. The normalized spacial score (nSPS) is 23.0. The van der Waals surface area contributed by atoms with E-state index in [0.717, 1.165) is 25.9 Å². The average Bonchev–Trinajstić information content (AvgIpc) is 2.18. The minimum Gasteiger partial charge on any atom is -0.390 e. The lowest BCUT2D eigenvalue weighted by Gasteiger charge is -2.41. The topological polar surface area (TPSA) is 29.5 Å². The minimum atomic E-state index is -0.280. The zero-order valence-corrected chi connectivity index (χ0v) is 10.5. The summed E-state index contributed by atoms with van der Waals surface area (Å²) in [5.41, 5.74) is -0.225. The summed E-state index contributed by atoms with van der Waals surface area (Å²) >= 11 is 0. The first-order chi connectivity index (χ1) is 7.10. The second-order valence-electron chi connectivity index (χ2n) is 5.20. The molecule has 1 unspecified atom stereocenters. The number of aliphatic hydroxyl groups excluding tert-OH is 1. The highest BCUT2D eigenvalue weighted by Crippen LogP contribution is 2.36. The van der Waals surface area contributed by atoms with Crippen molar-refractivity contribution in [3.8, 4) is 0 Å². The van der Waals surface area contributed by atoms with Crippen LogP contribution < -0.4 is 0 Å². The molecule has 1 N–H and O–H groups in total. The molecule has 0 spiro atoms. The molecule has 1 atom stereocenters. The molecule has 1 saturated carbocycles. The molecule has 0 amide bonds. The van der Waals surface area contributed by atoms with Crippen molar-refractivity contribution in [2.45, 2.75) is 71.0 Å². The summed E-state index contributed by atoms with van der Waals surface area (Å²) < 4.78 is 5.88. The maximum atomic E-state index is 10.3. The molecule has 90 valence electrons. The van der Waals surface area contributed by atoms with E-state index in [2.05, 4.69) is 13.8 Å². The zero-order chi connectivity index (χ0) is 11.3. The molecule has 0 bridgehead atoms. The highest BCUT2D eigenvalue weighted by molar-refractivity contribution is 4.91. The number of aliphatic hydroxyl groups is 1. The summed E-state index contributed by atoms with van der Waals surface area (Å²) in [5.74, 6) is 0.541. The highest BCUT2D eigenvalue weighted by Gasteiger charge is 2.39. The monoisotopic (exact) mass is 214 g/mol. The molecule has 0 saturated heterocycles. The van der Waals surface area contributed by atoms with Crippen molar-refractivity contribution in [1.29, 1.82) is 0 Å². The Bertz CT molecular complexity index is 166. The van der Waals surface area contributed by atoms with Gasteiger partial charge in [0.15, 0.2) is 0 Å². The van der Waals surface area contributed by atoms with Crippen LogP contribution in [-0.4, -0.2) is 23.4 Å². The predicted molar refractivity (Wildman–Crippen MR) is 62.9 cm³/mol. The quantitative estimate of drug-likeness (QED) is 0.762. The number of ether oxygens (including phenoxy) is 1. The van der Waals surface area contributed by atoms with Gasteiger partial charge in [-0.25, -0.2) is 0 Å². The Balaban J connectivity index is 2.61. The number of hydrogen-bond donors (Lipinski definition) is 1. The van der Waals surface area contributed by atoms with E-state index in [1.807, 2.05) is 6.92 Å². The van der Waals surface area contributed by atoms with Gasteiger partial charge in [-0.2, -0.15) is 0 Å². The van der Waals surface area contributed by atoms with E-state index in [-0.39, 0.29) is 11.7 Å². The molecule has 0 aromatic carbocycles. The van der Waals surface area contributed by atoms with Crippen LogP contribution in [0, 0.1) is 5.92 Å². The Labute approximate surface area is 94.0 Å². The van der Waals surface area contributed by atoms with Gasteiger partial charge in [0, 0.05) is 6.61 Å². The molecule has 1 aliphatic carbocycles. The molecular weight excluding hydrogens is 188 g/mol. The molecule has 15 heavy (non-hydrogen) atoms. The zero-order valence-electron chi connectivity index (χ0n) is 10.5. The van der Waals surface area contributed by atoms with Gasteiger partial charge in [-0.1, -0.05) is 33.1 Å². The van der Waals surface area contributed by atoms with Gasteiger partial charge in [-0.15, -0.1) is 0 Å². The molecule has 1 rings (SSSR count). The first-order valence-corrected chi connectivity index (χ1v) is 6.43. The van der Waals surface area contributed by atoms with Crippen LogP contribution in [0.4, 0.5) is 0 Å². The van der Waals surface area contributed by atoms with Crippen LogP contribution in [-0.2, 0) is 4.74 Å². The lowest BCUT2D eigenvalue weighted by Crippen LogP contribution is -2.47. The second kappa shape index (κ2) is 5.86. The van der Waals surface area contributed by atoms with Crippen molar-refractivity contribution in [1.82, 2.24) is 0 Å². The molecular formula is C13H26O2. The van der Waals surface area contributed by atoms with Gasteiger partial charge in [-0.05, 0) is 32.1 Å². The predicted octanol–water partition coefficient (Wildman–Crippen LogP) is 3.13. The van der Waals surface area contributed by atoms with Crippen LogP contribution in [0.5, 0.6) is 0 Å². The van der Waals surface area contributed by atoms with Gasteiger partial charge in [0.1, 0.15) is 0 Å². The first kappa shape index (κ1) is 13.0. The van der Waals surface area contributed by atoms with Crippen LogP contribution in [0.3, 0.4) is 0 Å². The van der Waals surface area contributed by atoms with Gasteiger partial charge in [0.25, 0.3) is 0 Å². The second-order valence-corrected chi connectivity index (χ2v) is 5.20. The smallest absolute Gasteiger partial charge is 0.0940 e. The van der Waals surface area contributed by atoms with Gasteiger partial charge in [-0.3, -0.25) is 0 Å². The summed E-state index contributed by atoms with van der Waals surface area (Å²) in [6, 6.07) is 0. The van der Waals surface area contributed by atoms with Crippen LogP contribution in [0.25, 0.3) is 0 Å². The van der Waals surface area contributed by atoms with Crippen LogP contribution >= 0.6 is 0 Å². The fourth-order valence-corrected chi connectivity index (χ4v) is 2.67. The lowest BCUT2D eigenvalue weighted by molar-refractivity contribution is -0.144. The van der Waals surface area contributed by atoms with Crippen molar-refractivity contribution in [3.05, 3.63) is 0 Å². The maximum absolute atomic E-state index is 10.3. The van der Waals surface area contributed by atoms with Crippen LogP contribution in [0.1, 0.15) is 59.3 Å². The third-order valence-electron chi connectivity index (χ3n) is 3.43. The van der Waals surface area contributed by atoms with Crippen LogP contribution in [0.2, 0.25) is 0 Å². The summed E-state index contributed by atoms with van der Waals surface area (Å²) in [5, 5.41) is 10.3. The molecule has 0 aliphatic heterocycles. The number of rotatable bonds is 5. The van der Waals surface area contributed by atoms with E-state index in [4.69, 9.17) is 4.74 Å². The van der Waals surface area contributed by atoms with E-state index >= 15 is 0 Å². The molecule has 2 nitrogen and oxygen atoms in total. The maximum Gasteiger partial charge on any atom is 0.0940 e. The molecule has 2 heteroatoms. The van der Waals surface area contributed by atoms with Gasteiger partial charge in [0.05, 0.1) is 11.7 Å². The van der Waals surface area contributed by atoms with E-state index in [1.54, 1.807) is 0 Å². The third kappa shape index (κ3) is 3.46. The Morgan fingerprint density at radius 3 is 2.27 bits per heavy atom. The van der Waals surface area contributed by atoms with Crippen LogP contribution in [0.15, 0.2) is 0 Å². The van der Waals surface area contributed by atoms with E-state index in [1.165, 1.54) is 19.3 Å². The average molecular weight is 214 g/mol. The Hall–Kier alpha value is -0.0800. The van der Waals surface area contributed by atoms with E-state index in [9.17, 15) is 5.11 Å². The Morgan fingerprint density at radius 2 is 1.80 bits per heavy atom. The van der Waals surface area contributed by atoms with Crippen molar-refractivity contribution < 1.29 is 9.84 Å². The molecule has 0 aromatic rings.